The molecule has 5 heteroatoms. The summed E-state index contributed by atoms with van der Waals surface area (Å²) in [4.78, 5) is 18.5. The molecule has 1 aliphatic heterocycles. The molecule has 5 nitrogen and oxygen atoms in total. The number of nitrogens with zero attached hydrogens (tertiary/aromatic N) is 2. The van der Waals surface area contributed by atoms with E-state index in [4.69, 9.17) is 0 Å². The Hall–Kier alpha value is -2.66. The smallest absolute Gasteiger partial charge is 0.248 e. The third-order valence-electron chi connectivity index (χ3n) is 4.06. The predicted molar refractivity (Wildman–Crippen MR) is 95.8 cm³/mol. The number of hydrogen-bond acceptors (Lipinski definition) is 4. The van der Waals surface area contributed by atoms with Crippen molar-refractivity contribution in [2.24, 2.45) is 0 Å². The maximum atomic E-state index is 12.2. The van der Waals surface area contributed by atoms with Crippen LogP contribution in [0.3, 0.4) is 0 Å². The van der Waals surface area contributed by atoms with Crippen LogP contribution in [0.4, 0.5) is 11.4 Å². The summed E-state index contributed by atoms with van der Waals surface area (Å²) in [7, 11) is 0. The van der Waals surface area contributed by atoms with Crippen molar-refractivity contribution in [3.8, 4) is 0 Å². The molecule has 1 saturated heterocycles. The van der Waals surface area contributed by atoms with Crippen molar-refractivity contribution in [2.75, 3.05) is 23.3 Å². The number of para-hydroxylation sites is 2. The lowest BCUT2D eigenvalue weighted by Gasteiger charge is -2.32. The predicted octanol–water partition coefficient (Wildman–Crippen LogP) is 2.69. The number of carbonyl (C=O) groups is 1. The Balaban J connectivity index is 1.69. The molecule has 2 aromatic rings. The van der Waals surface area contributed by atoms with Crippen LogP contribution in [0.25, 0.3) is 6.08 Å². The molecule has 24 heavy (non-hydrogen) atoms. The van der Waals surface area contributed by atoms with E-state index in [1.165, 1.54) is 6.08 Å². The summed E-state index contributed by atoms with van der Waals surface area (Å²) in [5.41, 5.74) is 2.51. The van der Waals surface area contributed by atoms with E-state index >= 15 is 0 Å². The minimum atomic E-state index is -0.218. The molecule has 0 radical (unpaired) electrons. The lowest BCUT2D eigenvalue weighted by molar-refractivity contribution is -0.111. The number of aliphatic hydroxyl groups excluding tert-OH is 1. The third kappa shape index (κ3) is 4.20. The molecule has 1 fully saturated rings. The molecule has 1 amide bonds. The van der Waals surface area contributed by atoms with E-state index in [-0.39, 0.29) is 12.0 Å². The van der Waals surface area contributed by atoms with Crippen molar-refractivity contribution in [1.82, 2.24) is 4.98 Å². The van der Waals surface area contributed by atoms with Gasteiger partial charge in [0, 0.05) is 25.4 Å². The van der Waals surface area contributed by atoms with Crippen LogP contribution in [0.1, 0.15) is 18.5 Å². The van der Waals surface area contributed by atoms with E-state index in [9.17, 15) is 9.90 Å². The molecule has 2 heterocycles. The monoisotopic (exact) mass is 323 g/mol. The first kappa shape index (κ1) is 16.2. The molecule has 1 aromatic heterocycles. The van der Waals surface area contributed by atoms with Crippen LogP contribution in [0.2, 0.25) is 0 Å². The Morgan fingerprint density at radius 3 is 2.67 bits per heavy atom. The lowest BCUT2D eigenvalue weighted by atomic mass is 10.1. The lowest BCUT2D eigenvalue weighted by Crippen LogP contribution is -2.36. The fourth-order valence-corrected chi connectivity index (χ4v) is 2.77. The minimum absolute atomic E-state index is 0.190. The number of aromatic nitrogens is 1. The number of aliphatic hydroxyl groups is 1. The third-order valence-corrected chi connectivity index (χ3v) is 4.06. The van der Waals surface area contributed by atoms with E-state index < -0.39 is 0 Å². The molecule has 0 atom stereocenters. The topological polar surface area (TPSA) is 65.5 Å². The highest BCUT2D eigenvalue weighted by Crippen LogP contribution is 2.28. The summed E-state index contributed by atoms with van der Waals surface area (Å²) in [6.45, 7) is 1.58. The van der Waals surface area contributed by atoms with Gasteiger partial charge < -0.3 is 15.3 Å². The van der Waals surface area contributed by atoms with Gasteiger partial charge in [-0.25, -0.2) is 0 Å². The Morgan fingerprint density at radius 1 is 1.17 bits per heavy atom. The van der Waals surface area contributed by atoms with Gasteiger partial charge in [-0.1, -0.05) is 18.2 Å². The minimum Gasteiger partial charge on any atom is -0.393 e. The number of rotatable bonds is 4. The van der Waals surface area contributed by atoms with Crippen molar-refractivity contribution in [2.45, 2.75) is 18.9 Å². The fourth-order valence-electron chi connectivity index (χ4n) is 2.77. The number of amides is 1. The van der Waals surface area contributed by atoms with E-state index in [0.29, 0.717) is 0 Å². The van der Waals surface area contributed by atoms with Crippen LogP contribution in [0.5, 0.6) is 0 Å². The van der Waals surface area contributed by atoms with E-state index in [1.807, 2.05) is 42.5 Å². The molecule has 0 bridgehead atoms. The first-order valence-corrected chi connectivity index (χ1v) is 8.14. The quantitative estimate of drug-likeness (QED) is 0.849. The average Bonchev–Trinajstić information content (AvgIpc) is 2.62. The zero-order valence-electron chi connectivity index (χ0n) is 13.4. The van der Waals surface area contributed by atoms with E-state index in [0.717, 1.165) is 43.0 Å². The summed E-state index contributed by atoms with van der Waals surface area (Å²) in [5, 5.41) is 12.6. The van der Waals surface area contributed by atoms with Gasteiger partial charge in [-0.05, 0) is 43.2 Å². The number of piperidine rings is 1. The molecular formula is C19H21N3O2. The van der Waals surface area contributed by atoms with Crippen LogP contribution in [-0.2, 0) is 4.79 Å². The van der Waals surface area contributed by atoms with E-state index in [1.54, 1.807) is 12.3 Å². The van der Waals surface area contributed by atoms with Crippen LogP contribution < -0.4 is 10.2 Å². The van der Waals surface area contributed by atoms with Crippen molar-refractivity contribution in [1.29, 1.82) is 0 Å². The summed E-state index contributed by atoms with van der Waals surface area (Å²) in [6.07, 6.45) is 6.15. The first-order chi connectivity index (χ1) is 11.7. The maximum Gasteiger partial charge on any atom is 0.248 e. The molecule has 0 spiro atoms. The zero-order valence-corrected chi connectivity index (χ0v) is 13.4. The van der Waals surface area contributed by atoms with Gasteiger partial charge in [0.1, 0.15) is 0 Å². The zero-order chi connectivity index (χ0) is 16.8. The fraction of sp³-hybridized carbons (Fsp3) is 0.263. The molecule has 3 rings (SSSR count). The van der Waals surface area contributed by atoms with Gasteiger partial charge in [-0.2, -0.15) is 0 Å². The summed E-state index contributed by atoms with van der Waals surface area (Å²) < 4.78 is 0. The highest BCUT2D eigenvalue weighted by atomic mass is 16.3. The normalized spacial score (nSPS) is 15.6. The Kier molecular flexibility index (Phi) is 5.23. The summed E-state index contributed by atoms with van der Waals surface area (Å²) in [5.74, 6) is -0.190. The number of pyridine rings is 1. The maximum absolute atomic E-state index is 12.2. The van der Waals surface area contributed by atoms with Crippen LogP contribution in [0, 0.1) is 0 Å². The van der Waals surface area contributed by atoms with Gasteiger partial charge in [0.05, 0.1) is 23.2 Å². The molecule has 1 aromatic carbocycles. The largest absolute Gasteiger partial charge is 0.393 e. The van der Waals surface area contributed by atoms with Gasteiger partial charge in [0.25, 0.3) is 0 Å². The Morgan fingerprint density at radius 2 is 1.92 bits per heavy atom. The van der Waals surface area contributed by atoms with Gasteiger partial charge >= 0.3 is 0 Å². The van der Waals surface area contributed by atoms with Crippen molar-refractivity contribution in [3.05, 3.63) is 60.4 Å². The van der Waals surface area contributed by atoms with Crippen LogP contribution in [-0.4, -0.2) is 35.2 Å². The van der Waals surface area contributed by atoms with E-state index in [2.05, 4.69) is 15.2 Å². The molecular weight excluding hydrogens is 302 g/mol. The second-order valence-electron chi connectivity index (χ2n) is 5.81. The number of benzene rings is 1. The second-order valence-corrected chi connectivity index (χ2v) is 5.81. The van der Waals surface area contributed by atoms with Gasteiger partial charge in [0.2, 0.25) is 5.91 Å². The summed E-state index contributed by atoms with van der Waals surface area (Å²) in [6, 6.07) is 13.3. The number of carbonyl (C=O) groups excluding carboxylic acids is 1. The van der Waals surface area contributed by atoms with Crippen LogP contribution in [0.15, 0.2) is 54.7 Å². The highest BCUT2D eigenvalue weighted by Gasteiger charge is 2.19. The van der Waals surface area contributed by atoms with Gasteiger partial charge in [-0.3, -0.25) is 9.78 Å². The molecule has 0 aliphatic carbocycles. The number of hydrogen-bond donors (Lipinski definition) is 2. The van der Waals surface area contributed by atoms with Crippen molar-refractivity contribution >= 4 is 23.4 Å². The Bertz CT molecular complexity index is 708. The second kappa shape index (κ2) is 7.75. The number of anilines is 2. The highest BCUT2D eigenvalue weighted by molar-refractivity contribution is 6.03. The summed E-state index contributed by atoms with van der Waals surface area (Å²) >= 11 is 0. The average molecular weight is 323 g/mol. The SMILES string of the molecule is O=C(/C=C/c1ccccn1)Nc1ccccc1N1CCC(O)CC1. The van der Waals surface area contributed by atoms with Crippen LogP contribution >= 0.6 is 0 Å². The molecule has 0 saturated carbocycles. The number of nitrogens with one attached hydrogen (secondary N) is 1. The molecule has 124 valence electrons. The van der Waals surface area contributed by atoms with Gasteiger partial charge in [-0.15, -0.1) is 0 Å². The van der Waals surface area contributed by atoms with Gasteiger partial charge in [0.15, 0.2) is 0 Å². The first-order valence-electron chi connectivity index (χ1n) is 8.14. The molecule has 1 aliphatic rings. The molecule has 0 unspecified atom stereocenters. The standard InChI is InChI=1S/C19H21N3O2/c23-16-10-13-22(14-11-16)18-7-2-1-6-17(18)21-19(24)9-8-15-5-3-4-12-20-15/h1-9,12,16,23H,10-11,13-14H2,(H,21,24)/b9-8+. The van der Waals surface area contributed by atoms with Crippen molar-refractivity contribution < 1.29 is 9.90 Å². The Labute approximate surface area is 141 Å². The molecule has 2 N–H and O–H groups in total. The van der Waals surface area contributed by atoms with Crippen molar-refractivity contribution in [3.63, 3.8) is 0 Å².